The molecule has 0 radical (unpaired) electrons. The molecule has 2 atom stereocenters. The molecule has 0 aromatic heterocycles. The summed E-state index contributed by atoms with van der Waals surface area (Å²) >= 11 is 5.82. The molecule has 7 heteroatoms. The molecule has 2 rings (SSSR count). The Hall–Kier alpha value is -0.690. The van der Waals surface area contributed by atoms with Gasteiger partial charge in [-0.2, -0.15) is 0 Å². The third kappa shape index (κ3) is 5.69. The fourth-order valence-electron chi connectivity index (χ4n) is 3.41. The van der Waals surface area contributed by atoms with Gasteiger partial charge in [-0.05, 0) is 55.8 Å². The van der Waals surface area contributed by atoms with Gasteiger partial charge in [-0.3, -0.25) is 0 Å². The highest BCUT2D eigenvalue weighted by Gasteiger charge is 2.21. The summed E-state index contributed by atoms with van der Waals surface area (Å²) in [4.78, 5) is 2.38. The Morgan fingerprint density at radius 3 is 2.54 bits per heavy atom. The molecule has 0 saturated carbocycles. The molecule has 1 heterocycles. The number of sulfonamides is 1. The third-order valence-corrected chi connectivity index (χ3v) is 6.27. The van der Waals surface area contributed by atoms with Crippen LogP contribution in [0.2, 0.25) is 5.02 Å². The third-order valence-electron chi connectivity index (χ3n) is 4.32. The van der Waals surface area contributed by atoms with Crippen LogP contribution in [-0.2, 0) is 10.0 Å². The molecule has 1 saturated heterocycles. The van der Waals surface area contributed by atoms with E-state index in [-0.39, 0.29) is 9.92 Å². The monoisotopic (exact) mass is 376 g/mol. The fourth-order valence-corrected chi connectivity index (χ4v) is 5.02. The number of benzene rings is 1. The lowest BCUT2D eigenvalue weighted by atomic mass is 9.92. The minimum absolute atomic E-state index is 0.0794. The molecule has 4 nitrogen and oxygen atoms in total. The minimum atomic E-state index is -3.69. The molecule has 1 aliphatic rings. The highest BCUT2D eigenvalue weighted by Crippen LogP contribution is 2.22. The van der Waals surface area contributed by atoms with Crippen LogP contribution in [0.3, 0.4) is 0 Å². The van der Waals surface area contributed by atoms with Crippen LogP contribution in [0.4, 0.5) is 4.39 Å². The van der Waals surface area contributed by atoms with Crippen molar-refractivity contribution in [1.29, 1.82) is 0 Å². The largest absolute Gasteiger partial charge is 0.303 e. The van der Waals surface area contributed by atoms with Crippen molar-refractivity contribution < 1.29 is 12.8 Å². The Balaban J connectivity index is 1.75. The zero-order valence-corrected chi connectivity index (χ0v) is 15.8. The normalized spacial score (nSPS) is 22.7. The van der Waals surface area contributed by atoms with Crippen LogP contribution in [0, 0.1) is 17.7 Å². The minimum Gasteiger partial charge on any atom is -0.303 e. The van der Waals surface area contributed by atoms with E-state index in [4.69, 9.17) is 11.6 Å². The van der Waals surface area contributed by atoms with E-state index >= 15 is 0 Å². The number of nitrogens with zero attached hydrogens (tertiary/aromatic N) is 1. The van der Waals surface area contributed by atoms with Gasteiger partial charge in [0.1, 0.15) is 10.7 Å². The molecule has 0 spiro atoms. The van der Waals surface area contributed by atoms with Gasteiger partial charge in [0.05, 0.1) is 5.02 Å². The zero-order chi connectivity index (χ0) is 17.7. The molecule has 1 aromatic rings. The van der Waals surface area contributed by atoms with Crippen LogP contribution in [0.1, 0.15) is 33.1 Å². The standard InChI is InChI=1S/C17H26ClFN2O2S/c1-13-9-14(2)12-21(11-13)8-4-3-7-20-24(22,23)17-6-5-15(19)10-16(17)18/h5-6,10,13-14,20H,3-4,7-9,11-12H2,1-2H3/t13-,14+. The Kier molecular flexibility index (Phi) is 7.04. The zero-order valence-electron chi connectivity index (χ0n) is 14.3. The lowest BCUT2D eigenvalue weighted by Gasteiger charge is -2.34. The smallest absolute Gasteiger partial charge is 0.242 e. The average molecular weight is 377 g/mol. The Morgan fingerprint density at radius 2 is 1.92 bits per heavy atom. The first-order valence-electron chi connectivity index (χ1n) is 8.45. The summed E-state index contributed by atoms with van der Waals surface area (Å²) in [6, 6.07) is 3.30. The first-order valence-corrected chi connectivity index (χ1v) is 10.3. The van der Waals surface area contributed by atoms with Gasteiger partial charge in [0, 0.05) is 19.6 Å². The molecule has 1 aromatic carbocycles. The average Bonchev–Trinajstić information content (AvgIpc) is 2.45. The van der Waals surface area contributed by atoms with Crippen LogP contribution in [0.15, 0.2) is 23.1 Å². The summed E-state index contributed by atoms with van der Waals surface area (Å²) in [7, 11) is -3.69. The second-order valence-corrected chi connectivity index (χ2v) is 9.03. The topological polar surface area (TPSA) is 49.4 Å². The maximum absolute atomic E-state index is 13.0. The van der Waals surface area contributed by atoms with Gasteiger partial charge in [0.2, 0.25) is 10.0 Å². The van der Waals surface area contributed by atoms with E-state index in [9.17, 15) is 12.8 Å². The summed E-state index contributed by atoms with van der Waals surface area (Å²) in [5.74, 6) is 0.907. The summed E-state index contributed by atoms with van der Waals surface area (Å²) in [5.41, 5.74) is 0. The second kappa shape index (κ2) is 8.61. The number of likely N-dealkylation sites (tertiary alicyclic amines) is 1. The predicted molar refractivity (Wildman–Crippen MR) is 95.2 cm³/mol. The van der Waals surface area contributed by atoms with Crippen molar-refractivity contribution in [2.45, 2.75) is 38.0 Å². The van der Waals surface area contributed by atoms with Crippen molar-refractivity contribution in [2.24, 2.45) is 11.8 Å². The predicted octanol–water partition coefficient (Wildman–Crippen LogP) is 3.52. The maximum atomic E-state index is 13.0. The van der Waals surface area contributed by atoms with Crippen LogP contribution in [0.5, 0.6) is 0 Å². The lowest BCUT2D eigenvalue weighted by molar-refractivity contribution is 0.139. The van der Waals surface area contributed by atoms with Gasteiger partial charge >= 0.3 is 0 Å². The SMILES string of the molecule is C[C@@H]1C[C@H](C)CN(CCCCNS(=O)(=O)c2ccc(F)cc2Cl)C1. The number of hydrogen-bond acceptors (Lipinski definition) is 3. The van der Waals surface area contributed by atoms with Crippen molar-refractivity contribution in [3.05, 3.63) is 29.0 Å². The Labute approximate surface area is 149 Å². The quantitative estimate of drug-likeness (QED) is 0.741. The fraction of sp³-hybridized carbons (Fsp3) is 0.647. The first-order chi connectivity index (χ1) is 11.3. The van der Waals surface area contributed by atoms with E-state index in [1.54, 1.807) is 0 Å². The molecule has 0 amide bonds. The van der Waals surface area contributed by atoms with E-state index in [0.29, 0.717) is 6.54 Å². The molecule has 0 bridgehead atoms. The molecule has 0 unspecified atom stereocenters. The number of piperidine rings is 1. The molecule has 136 valence electrons. The highest BCUT2D eigenvalue weighted by atomic mass is 35.5. The second-order valence-electron chi connectivity index (χ2n) is 6.89. The van der Waals surface area contributed by atoms with E-state index in [1.807, 2.05) is 0 Å². The van der Waals surface area contributed by atoms with Gasteiger partial charge in [0.15, 0.2) is 0 Å². The Morgan fingerprint density at radius 1 is 1.25 bits per heavy atom. The van der Waals surface area contributed by atoms with Crippen molar-refractivity contribution >= 4 is 21.6 Å². The van der Waals surface area contributed by atoms with Crippen molar-refractivity contribution in [2.75, 3.05) is 26.2 Å². The van der Waals surface area contributed by atoms with Crippen LogP contribution < -0.4 is 4.72 Å². The summed E-state index contributed by atoms with van der Waals surface area (Å²) in [6.07, 6.45) is 2.99. The van der Waals surface area contributed by atoms with Gasteiger partial charge in [-0.25, -0.2) is 17.5 Å². The molecule has 24 heavy (non-hydrogen) atoms. The molecule has 0 aliphatic carbocycles. The van der Waals surface area contributed by atoms with Gasteiger partial charge in [0.25, 0.3) is 0 Å². The highest BCUT2D eigenvalue weighted by molar-refractivity contribution is 7.89. The van der Waals surface area contributed by atoms with Gasteiger partial charge < -0.3 is 4.90 Å². The lowest BCUT2D eigenvalue weighted by Crippen LogP contribution is -2.39. The van der Waals surface area contributed by atoms with Crippen molar-refractivity contribution in [1.82, 2.24) is 9.62 Å². The van der Waals surface area contributed by atoms with E-state index < -0.39 is 15.8 Å². The van der Waals surface area contributed by atoms with Gasteiger partial charge in [-0.15, -0.1) is 0 Å². The van der Waals surface area contributed by atoms with Gasteiger partial charge in [-0.1, -0.05) is 25.4 Å². The summed E-state index contributed by atoms with van der Waals surface area (Å²) < 4.78 is 39.9. The number of hydrogen-bond donors (Lipinski definition) is 1. The number of rotatable bonds is 7. The summed E-state index contributed by atoms with van der Waals surface area (Å²) in [6.45, 7) is 8.16. The van der Waals surface area contributed by atoms with E-state index in [0.717, 1.165) is 56.4 Å². The first kappa shape index (κ1) is 19.6. The molecular formula is C17H26ClFN2O2S. The number of nitrogens with one attached hydrogen (secondary N) is 1. The van der Waals surface area contributed by atoms with E-state index in [1.165, 1.54) is 12.5 Å². The van der Waals surface area contributed by atoms with Crippen LogP contribution in [-0.4, -0.2) is 39.5 Å². The molecule has 1 aliphatic heterocycles. The van der Waals surface area contributed by atoms with E-state index in [2.05, 4.69) is 23.5 Å². The summed E-state index contributed by atoms with van der Waals surface area (Å²) in [5, 5.41) is -0.0983. The Bertz CT molecular complexity index is 644. The van der Waals surface area contributed by atoms with Crippen molar-refractivity contribution in [3.8, 4) is 0 Å². The van der Waals surface area contributed by atoms with Crippen LogP contribution in [0.25, 0.3) is 0 Å². The molecule has 1 fully saturated rings. The number of halogens is 2. The molecular weight excluding hydrogens is 351 g/mol. The number of unbranched alkanes of at least 4 members (excludes halogenated alkanes) is 1. The maximum Gasteiger partial charge on any atom is 0.242 e. The van der Waals surface area contributed by atoms with Crippen LogP contribution >= 0.6 is 11.6 Å². The molecule has 1 N–H and O–H groups in total. The van der Waals surface area contributed by atoms with Crippen molar-refractivity contribution in [3.63, 3.8) is 0 Å².